The van der Waals surface area contributed by atoms with Crippen LogP contribution >= 0.6 is 11.8 Å². The van der Waals surface area contributed by atoms with E-state index in [2.05, 4.69) is 0 Å². The second kappa shape index (κ2) is 8.31. The number of benzene rings is 2. The van der Waals surface area contributed by atoms with Gasteiger partial charge in [0.1, 0.15) is 0 Å². The number of methoxy groups -OCH3 is 1. The number of aryl methyl sites for hydroxylation is 1. The van der Waals surface area contributed by atoms with Crippen molar-refractivity contribution in [3.05, 3.63) is 64.1 Å². The van der Waals surface area contributed by atoms with Gasteiger partial charge in [0.2, 0.25) is 0 Å². The number of carbonyl (C=O) groups excluding carboxylic acids is 2. The third kappa shape index (κ3) is 4.17. The average Bonchev–Trinajstić information content (AvgIpc) is 2.92. The van der Waals surface area contributed by atoms with Crippen molar-refractivity contribution in [2.45, 2.75) is 20.4 Å². The molecule has 0 aliphatic carbocycles. The lowest BCUT2D eigenvalue weighted by Crippen LogP contribution is -2.27. The van der Waals surface area contributed by atoms with E-state index in [1.165, 1.54) is 4.90 Å². The molecule has 1 heterocycles. The first kappa shape index (κ1) is 19.0. The monoisotopic (exact) mass is 383 g/mol. The van der Waals surface area contributed by atoms with Crippen molar-refractivity contribution in [2.24, 2.45) is 0 Å². The molecule has 3 rings (SSSR count). The van der Waals surface area contributed by atoms with Crippen LogP contribution in [-0.4, -0.2) is 29.8 Å². The van der Waals surface area contributed by atoms with Gasteiger partial charge >= 0.3 is 0 Å². The highest BCUT2D eigenvalue weighted by Crippen LogP contribution is 2.37. The summed E-state index contributed by atoms with van der Waals surface area (Å²) in [4.78, 5) is 26.8. The molecule has 1 saturated heterocycles. The Bertz CT molecular complexity index is 890. The van der Waals surface area contributed by atoms with E-state index in [0.29, 0.717) is 28.6 Å². The number of carbonyl (C=O) groups is 2. The SMILES string of the molecule is CCOc1c(/C=C2\SC(=O)N(Cc3ccc(C)cc3)C2=O)cccc1OC. The number of ether oxygens (including phenoxy) is 2. The van der Waals surface area contributed by atoms with Crippen LogP contribution in [0, 0.1) is 6.92 Å². The maximum atomic E-state index is 12.8. The van der Waals surface area contributed by atoms with Gasteiger partial charge in [0.05, 0.1) is 25.2 Å². The molecule has 1 aliphatic rings. The summed E-state index contributed by atoms with van der Waals surface area (Å²) < 4.78 is 11.0. The van der Waals surface area contributed by atoms with Crippen molar-refractivity contribution in [1.82, 2.24) is 4.90 Å². The van der Waals surface area contributed by atoms with E-state index in [0.717, 1.165) is 22.9 Å². The van der Waals surface area contributed by atoms with Crippen molar-refractivity contribution < 1.29 is 19.1 Å². The van der Waals surface area contributed by atoms with Crippen LogP contribution < -0.4 is 9.47 Å². The minimum atomic E-state index is -0.296. The molecule has 2 aromatic carbocycles. The Balaban J connectivity index is 1.87. The highest BCUT2D eigenvalue weighted by atomic mass is 32.2. The molecule has 6 heteroatoms. The number of nitrogens with zero attached hydrogens (tertiary/aromatic N) is 1. The third-order valence-electron chi connectivity index (χ3n) is 4.14. The molecule has 1 aliphatic heterocycles. The molecule has 5 nitrogen and oxygen atoms in total. The zero-order valence-corrected chi connectivity index (χ0v) is 16.3. The standard InChI is InChI=1S/C21H21NO4S/c1-4-26-19-16(6-5-7-17(19)25-3)12-18-20(23)22(21(24)27-18)13-15-10-8-14(2)9-11-15/h5-12H,4,13H2,1-3H3/b18-12-. The van der Waals surface area contributed by atoms with E-state index in [1.54, 1.807) is 19.3 Å². The van der Waals surface area contributed by atoms with Crippen molar-refractivity contribution in [1.29, 1.82) is 0 Å². The van der Waals surface area contributed by atoms with Gasteiger partial charge < -0.3 is 9.47 Å². The predicted molar refractivity (Wildman–Crippen MR) is 107 cm³/mol. The number of thioether (sulfide) groups is 1. The summed E-state index contributed by atoms with van der Waals surface area (Å²) in [5, 5.41) is -0.271. The average molecular weight is 383 g/mol. The molecule has 0 unspecified atom stereocenters. The van der Waals surface area contributed by atoms with Gasteiger partial charge in [0.15, 0.2) is 11.5 Å². The number of hydrogen-bond acceptors (Lipinski definition) is 5. The van der Waals surface area contributed by atoms with Crippen LogP contribution in [0.25, 0.3) is 6.08 Å². The van der Waals surface area contributed by atoms with E-state index in [1.807, 2.05) is 50.2 Å². The third-order valence-corrected chi connectivity index (χ3v) is 5.05. The highest BCUT2D eigenvalue weighted by Gasteiger charge is 2.35. The van der Waals surface area contributed by atoms with E-state index in [-0.39, 0.29) is 17.7 Å². The smallest absolute Gasteiger partial charge is 0.293 e. The van der Waals surface area contributed by atoms with Gasteiger partial charge in [-0.3, -0.25) is 14.5 Å². The van der Waals surface area contributed by atoms with Crippen LogP contribution in [0.15, 0.2) is 47.4 Å². The summed E-state index contributed by atoms with van der Waals surface area (Å²) in [5.41, 5.74) is 2.76. The largest absolute Gasteiger partial charge is 0.493 e. The van der Waals surface area contributed by atoms with Crippen LogP contribution in [-0.2, 0) is 11.3 Å². The van der Waals surface area contributed by atoms with Gasteiger partial charge in [-0.15, -0.1) is 0 Å². The first-order valence-corrected chi connectivity index (χ1v) is 9.46. The second-order valence-electron chi connectivity index (χ2n) is 6.07. The fourth-order valence-corrected chi connectivity index (χ4v) is 3.59. The Hall–Kier alpha value is -2.73. The summed E-state index contributed by atoms with van der Waals surface area (Å²) in [6.45, 7) is 4.61. The molecule has 0 N–H and O–H groups in total. The van der Waals surface area contributed by atoms with Crippen molar-refractivity contribution >= 4 is 29.0 Å². The molecule has 140 valence electrons. The van der Waals surface area contributed by atoms with Crippen molar-refractivity contribution in [3.8, 4) is 11.5 Å². The quantitative estimate of drug-likeness (QED) is 0.680. The van der Waals surface area contributed by atoms with Gasteiger partial charge in [-0.1, -0.05) is 42.0 Å². The van der Waals surface area contributed by atoms with Gasteiger partial charge in [-0.25, -0.2) is 0 Å². The van der Waals surface area contributed by atoms with E-state index in [4.69, 9.17) is 9.47 Å². The molecular weight excluding hydrogens is 362 g/mol. The molecule has 1 fully saturated rings. The fraction of sp³-hybridized carbons (Fsp3) is 0.238. The zero-order chi connectivity index (χ0) is 19.4. The normalized spacial score (nSPS) is 15.5. The Morgan fingerprint density at radius 3 is 2.52 bits per heavy atom. The topological polar surface area (TPSA) is 55.8 Å². The molecule has 2 aromatic rings. The summed E-state index contributed by atoms with van der Waals surface area (Å²) >= 11 is 0.941. The van der Waals surface area contributed by atoms with E-state index in [9.17, 15) is 9.59 Å². The maximum Gasteiger partial charge on any atom is 0.293 e. The molecule has 0 bridgehead atoms. The number of para-hydroxylation sites is 1. The maximum absolute atomic E-state index is 12.8. The lowest BCUT2D eigenvalue weighted by molar-refractivity contribution is -0.123. The van der Waals surface area contributed by atoms with Crippen molar-refractivity contribution in [2.75, 3.05) is 13.7 Å². The lowest BCUT2D eigenvalue weighted by atomic mass is 10.1. The number of hydrogen-bond donors (Lipinski definition) is 0. The Kier molecular flexibility index (Phi) is 5.86. The Morgan fingerprint density at radius 1 is 1.11 bits per heavy atom. The summed E-state index contributed by atoms with van der Waals surface area (Å²) in [5.74, 6) is 0.855. The molecular formula is C21H21NO4S. The molecule has 0 saturated carbocycles. The number of imide groups is 1. The fourth-order valence-electron chi connectivity index (χ4n) is 2.76. The van der Waals surface area contributed by atoms with Crippen LogP contribution in [0.5, 0.6) is 11.5 Å². The minimum absolute atomic E-state index is 0.263. The van der Waals surface area contributed by atoms with Gasteiger partial charge in [0.25, 0.3) is 11.1 Å². The van der Waals surface area contributed by atoms with Crippen LogP contribution in [0.1, 0.15) is 23.6 Å². The molecule has 27 heavy (non-hydrogen) atoms. The number of rotatable bonds is 6. The Morgan fingerprint density at radius 2 is 1.85 bits per heavy atom. The molecule has 0 radical (unpaired) electrons. The molecule has 2 amide bonds. The first-order valence-electron chi connectivity index (χ1n) is 8.64. The second-order valence-corrected chi connectivity index (χ2v) is 7.06. The van der Waals surface area contributed by atoms with Gasteiger partial charge in [-0.05, 0) is 43.3 Å². The van der Waals surface area contributed by atoms with Crippen LogP contribution in [0.3, 0.4) is 0 Å². The van der Waals surface area contributed by atoms with Crippen molar-refractivity contribution in [3.63, 3.8) is 0 Å². The molecule has 0 aromatic heterocycles. The molecule has 0 atom stereocenters. The first-order chi connectivity index (χ1) is 13.0. The van der Waals surface area contributed by atoms with Crippen LogP contribution in [0.2, 0.25) is 0 Å². The van der Waals surface area contributed by atoms with E-state index >= 15 is 0 Å². The highest BCUT2D eigenvalue weighted by molar-refractivity contribution is 8.18. The Labute approximate surface area is 163 Å². The molecule has 0 spiro atoms. The minimum Gasteiger partial charge on any atom is -0.493 e. The van der Waals surface area contributed by atoms with E-state index < -0.39 is 0 Å². The van der Waals surface area contributed by atoms with Crippen LogP contribution in [0.4, 0.5) is 4.79 Å². The summed E-state index contributed by atoms with van der Waals surface area (Å²) in [6.07, 6.45) is 1.69. The van der Waals surface area contributed by atoms with Gasteiger partial charge in [0, 0.05) is 5.56 Å². The number of amides is 2. The lowest BCUT2D eigenvalue weighted by Gasteiger charge is -2.13. The van der Waals surface area contributed by atoms with Gasteiger partial charge in [-0.2, -0.15) is 0 Å². The zero-order valence-electron chi connectivity index (χ0n) is 15.5. The summed E-state index contributed by atoms with van der Waals surface area (Å²) in [6, 6.07) is 13.2. The predicted octanol–water partition coefficient (Wildman–Crippen LogP) is 4.64. The summed E-state index contributed by atoms with van der Waals surface area (Å²) in [7, 11) is 1.57.